The second-order valence-electron chi connectivity index (χ2n) is 4.15. The fraction of sp³-hybridized carbons (Fsp3) is 0.364. The molecule has 0 aliphatic heterocycles. The molecule has 0 saturated carbocycles. The molecule has 90 valence electrons. The Labute approximate surface area is 98.2 Å². The van der Waals surface area contributed by atoms with Crippen LogP contribution in [0.2, 0.25) is 0 Å². The molecular weight excluding hydrogens is 245 g/mol. The van der Waals surface area contributed by atoms with Crippen molar-refractivity contribution in [3.63, 3.8) is 0 Å². The first kappa shape index (κ1) is 12.0. The molecule has 0 unspecified atom stereocenters. The molecule has 4 nitrogen and oxygen atoms in total. The number of nitrogens with zero attached hydrogens (tertiary/aromatic N) is 1. The number of halogens is 1. The first-order valence-electron chi connectivity index (χ1n) is 4.89. The van der Waals surface area contributed by atoms with Gasteiger partial charge in [0.25, 0.3) is 0 Å². The monoisotopic (exact) mass is 255 g/mol. The van der Waals surface area contributed by atoms with E-state index in [4.69, 9.17) is 5.26 Å². The summed E-state index contributed by atoms with van der Waals surface area (Å²) < 4.78 is 37.0. The highest BCUT2D eigenvalue weighted by atomic mass is 32.2. The fourth-order valence-corrected chi connectivity index (χ4v) is 3.05. The van der Waals surface area contributed by atoms with Gasteiger partial charge in [-0.25, -0.2) is 12.8 Å². The first-order valence-corrected chi connectivity index (χ1v) is 6.79. The molecule has 1 aliphatic rings. The topological polar surface area (TPSA) is 78.2 Å². The summed E-state index contributed by atoms with van der Waals surface area (Å²) in [4.78, 5) is -0.114. The maximum absolute atomic E-state index is 14.0. The quantitative estimate of drug-likeness (QED) is 0.809. The van der Waals surface area contributed by atoms with Crippen molar-refractivity contribution in [2.24, 2.45) is 0 Å². The van der Waals surface area contributed by atoms with Crippen LogP contribution in [0.1, 0.15) is 17.2 Å². The standard InChI is InChI=1S/C11H10FNO3S/c1-17(15,16)8-4-2-3-7-5-11(12,6-13)10(14)9(7)8/h2-4,10,14H,5H2,1H3/t10-,11-/m0/s1. The lowest BCUT2D eigenvalue weighted by Gasteiger charge is -2.15. The number of benzene rings is 1. The van der Waals surface area contributed by atoms with Crippen molar-refractivity contribution in [1.82, 2.24) is 0 Å². The number of aliphatic hydroxyl groups excluding tert-OH is 1. The van der Waals surface area contributed by atoms with Gasteiger partial charge in [-0.3, -0.25) is 0 Å². The highest BCUT2D eigenvalue weighted by Crippen LogP contribution is 2.44. The number of aliphatic hydroxyl groups is 1. The van der Waals surface area contributed by atoms with Crippen molar-refractivity contribution < 1.29 is 17.9 Å². The maximum Gasteiger partial charge on any atom is 0.229 e. The SMILES string of the molecule is CS(=O)(=O)c1cccc2c1[C@H](O)[C@@](F)(C#N)C2. The minimum Gasteiger partial charge on any atom is -0.384 e. The van der Waals surface area contributed by atoms with Crippen LogP contribution < -0.4 is 0 Å². The largest absolute Gasteiger partial charge is 0.384 e. The molecule has 2 atom stereocenters. The summed E-state index contributed by atoms with van der Waals surface area (Å²) >= 11 is 0. The van der Waals surface area contributed by atoms with Crippen molar-refractivity contribution in [1.29, 1.82) is 5.26 Å². The molecule has 1 aliphatic carbocycles. The lowest BCUT2D eigenvalue weighted by Crippen LogP contribution is -2.26. The zero-order chi connectivity index (χ0) is 12.8. The molecule has 2 rings (SSSR count). The zero-order valence-corrected chi connectivity index (χ0v) is 9.83. The molecule has 0 amide bonds. The third-order valence-corrected chi connectivity index (χ3v) is 4.05. The van der Waals surface area contributed by atoms with Crippen LogP contribution in [0.25, 0.3) is 0 Å². The van der Waals surface area contributed by atoms with Crippen molar-refractivity contribution in [2.75, 3.05) is 6.26 Å². The minimum absolute atomic E-state index is 0.0130. The lowest BCUT2D eigenvalue weighted by atomic mass is 10.0. The third-order valence-electron chi connectivity index (χ3n) is 2.90. The van der Waals surface area contributed by atoms with Gasteiger partial charge in [0.2, 0.25) is 5.67 Å². The van der Waals surface area contributed by atoms with Gasteiger partial charge in [-0.2, -0.15) is 5.26 Å². The summed E-state index contributed by atoms with van der Waals surface area (Å²) in [5.74, 6) is 0. The first-order chi connectivity index (χ1) is 7.79. The number of rotatable bonds is 1. The smallest absolute Gasteiger partial charge is 0.229 e. The van der Waals surface area contributed by atoms with Gasteiger partial charge in [0, 0.05) is 18.2 Å². The van der Waals surface area contributed by atoms with E-state index in [1.807, 2.05) is 0 Å². The second-order valence-corrected chi connectivity index (χ2v) is 6.14. The Morgan fingerprint density at radius 3 is 2.76 bits per heavy atom. The van der Waals surface area contributed by atoms with Gasteiger partial charge in [-0.05, 0) is 11.6 Å². The Kier molecular flexibility index (Phi) is 2.49. The summed E-state index contributed by atoms with van der Waals surface area (Å²) in [7, 11) is -3.56. The van der Waals surface area contributed by atoms with E-state index in [0.717, 1.165) is 6.26 Å². The molecule has 1 aromatic carbocycles. The predicted molar refractivity (Wildman–Crippen MR) is 57.7 cm³/mol. The molecule has 17 heavy (non-hydrogen) atoms. The minimum atomic E-state index is -3.56. The van der Waals surface area contributed by atoms with Crippen LogP contribution in [0.4, 0.5) is 4.39 Å². The van der Waals surface area contributed by atoms with Crippen LogP contribution in [0.5, 0.6) is 0 Å². The van der Waals surface area contributed by atoms with Crippen molar-refractivity contribution in [3.05, 3.63) is 29.3 Å². The van der Waals surface area contributed by atoms with Crippen LogP contribution in [-0.2, 0) is 16.3 Å². The highest BCUT2D eigenvalue weighted by Gasteiger charge is 2.48. The number of alkyl halides is 1. The molecule has 0 fully saturated rings. The number of fused-ring (bicyclic) bond motifs is 1. The number of hydrogen-bond donors (Lipinski definition) is 1. The zero-order valence-electron chi connectivity index (χ0n) is 9.01. The molecule has 0 saturated heterocycles. The Balaban J connectivity index is 2.71. The van der Waals surface area contributed by atoms with Crippen molar-refractivity contribution in [2.45, 2.75) is 23.1 Å². The number of nitriles is 1. The van der Waals surface area contributed by atoms with E-state index in [9.17, 15) is 17.9 Å². The number of sulfone groups is 1. The Morgan fingerprint density at radius 1 is 1.59 bits per heavy atom. The Morgan fingerprint density at radius 2 is 2.24 bits per heavy atom. The lowest BCUT2D eigenvalue weighted by molar-refractivity contribution is 0.0433. The van der Waals surface area contributed by atoms with Gasteiger partial charge in [0.15, 0.2) is 9.84 Å². The molecule has 0 spiro atoms. The van der Waals surface area contributed by atoms with E-state index in [1.54, 1.807) is 0 Å². The molecule has 0 aromatic heterocycles. The normalized spacial score (nSPS) is 27.5. The van der Waals surface area contributed by atoms with Gasteiger partial charge >= 0.3 is 0 Å². The van der Waals surface area contributed by atoms with E-state index in [1.165, 1.54) is 24.3 Å². The van der Waals surface area contributed by atoms with E-state index >= 15 is 0 Å². The molecule has 1 aromatic rings. The molecule has 0 bridgehead atoms. The molecule has 0 radical (unpaired) electrons. The Hall–Kier alpha value is -1.45. The van der Waals surface area contributed by atoms with Gasteiger partial charge in [-0.15, -0.1) is 0 Å². The van der Waals surface area contributed by atoms with Gasteiger partial charge < -0.3 is 5.11 Å². The summed E-state index contributed by atoms with van der Waals surface area (Å²) in [6.45, 7) is 0. The van der Waals surface area contributed by atoms with Gasteiger partial charge in [0.05, 0.1) is 4.90 Å². The van der Waals surface area contributed by atoms with Crippen LogP contribution >= 0.6 is 0 Å². The second kappa shape index (κ2) is 3.52. The summed E-state index contributed by atoms with van der Waals surface area (Å²) in [6, 6.07) is 5.71. The Bertz CT molecular complexity index is 620. The van der Waals surface area contributed by atoms with E-state index < -0.39 is 21.6 Å². The van der Waals surface area contributed by atoms with Crippen LogP contribution in [0.3, 0.4) is 0 Å². The average molecular weight is 255 g/mol. The van der Waals surface area contributed by atoms with E-state index in [2.05, 4.69) is 0 Å². The van der Waals surface area contributed by atoms with Gasteiger partial charge in [0.1, 0.15) is 12.2 Å². The van der Waals surface area contributed by atoms with Gasteiger partial charge in [-0.1, -0.05) is 12.1 Å². The van der Waals surface area contributed by atoms with Crippen LogP contribution in [0, 0.1) is 11.3 Å². The van der Waals surface area contributed by atoms with Crippen LogP contribution in [-0.4, -0.2) is 25.4 Å². The molecule has 1 N–H and O–H groups in total. The van der Waals surface area contributed by atoms with E-state index in [-0.39, 0.29) is 16.9 Å². The predicted octanol–water partition coefficient (Wildman–Crippen LogP) is 0.911. The summed E-state index contributed by atoms with van der Waals surface area (Å²) in [5, 5.41) is 18.5. The van der Waals surface area contributed by atoms with Crippen molar-refractivity contribution >= 4 is 9.84 Å². The average Bonchev–Trinajstić information content (AvgIpc) is 2.51. The maximum atomic E-state index is 14.0. The van der Waals surface area contributed by atoms with Crippen LogP contribution in [0.15, 0.2) is 23.1 Å². The summed E-state index contributed by atoms with van der Waals surface area (Å²) in [6.07, 6.45) is -1.02. The molecule has 0 heterocycles. The molecule has 6 heteroatoms. The van der Waals surface area contributed by atoms with Crippen molar-refractivity contribution in [3.8, 4) is 6.07 Å². The highest BCUT2D eigenvalue weighted by molar-refractivity contribution is 7.90. The molecular formula is C11H10FNO3S. The van der Waals surface area contributed by atoms with E-state index in [0.29, 0.717) is 5.56 Å². The number of hydrogen-bond acceptors (Lipinski definition) is 4. The fourth-order valence-electron chi connectivity index (χ4n) is 2.08. The summed E-state index contributed by atoms with van der Waals surface area (Å²) in [5.41, 5.74) is -2.06. The third kappa shape index (κ3) is 1.72.